The van der Waals surface area contributed by atoms with Gasteiger partial charge in [-0.05, 0) is 83.8 Å². The molecule has 3 heteroatoms. The van der Waals surface area contributed by atoms with Crippen molar-refractivity contribution in [1.82, 2.24) is 0 Å². The van der Waals surface area contributed by atoms with Crippen LogP contribution in [0.3, 0.4) is 0 Å². The van der Waals surface area contributed by atoms with Crippen LogP contribution in [0.5, 0.6) is 0 Å². The zero-order valence-corrected chi connectivity index (χ0v) is 15.8. The summed E-state index contributed by atoms with van der Waals surface area (Å²) in [7, 11) is -1.43. The molecule has 0 aromatic carbocycles. The van der Waals surface area contributed by atoms with Crippen molar-refractivity contribution in [3.63, 3.8) is 0 Å². The van der Waals surface area contributed by atoms with E-state index in [0.29, 0.717) is 6.10 Å². The summed E-state index contributed by atoms with van der Waals surface area (Å²) in [6, 6.07) is 0. The van der Waals surface area contributed by atoms with Gasteiger partial charge < -0.3 is 4.43 Å². The van der Waals surface area contributed by atoms with Gasteiger partial charge in [0.2, 0.25) is 0 Å². The van der Waals surface area contributed by atoms with E-state index in [9.17, 15) is 0 Å². The van der Waals surface area contributed by atoms with Crippen LogP contribution >= 0.6 is 0 Å². The summed E-state index contributed by atoms with van der Waals surface area (Å²) in [6.07, 6.45) is 22.5. The fourth-order valence-electron chi connectivity index (χ4n) is 2.03. The topological polar surface area (TPSA) is 9.23 Å². The summed E-state index contributed by atoms with van der Waals surface area (Å²) in [5.41, 5.74) is 0. The summed E-state index contributed by atoms with van der Waals surface area (Å²) in [5, 5.41) is 0. The van der Waals surface area contributed by atoms with Crippen LogP contribution in [0.4, 0.5) is 0 Å². The van der Waals surface area contributed by atoms with E-state index in [1.54, 1.807) is 0 Å². The van der Waals surface area contributed by atoms with Crippen molar-refractivity contribution in [2.45, 2.75) is 51.9 Å². The Morgan fingerprint density at radius 2 is 1.38 bits per heavy atom. The number of rotatable bonds is 6. The Hall–Kier alpha value is 0.696. The van der Waals surface area contributed by atoms with Crippen LogP contribution in [0.2, 0.25) is 19.6 Å². The maximum atomic E-state index is 6.22. The van der Waals surface area contributed by atoms with Crippen LogP contribution in [-0.2, 0) is 21.5 Å². The van der Waals surface area contributed by atoms with Crippen molar-refractivity contribution >= 4 is 8.32 Å². The van der Waals surface area contributed by atoms with Crippen molar-refractivity contribution in [3.8, 4) is 0 Å². The normalized spacial score (nSPS) is 20.6. The van der Waals surface area contributed by atoms with Gasteiger partial charge in [-0.25, -0.2) is 0 Å². The maximum absolute atomic E-state index is 6.22. The Labute approximate surface area is 145 Å². The summed E-state index contributed by atoms with van der Waals surface area (Å²) in [6.45, 7) is 9.01. The number of unbranched alkanes of at least 4 members (excludes halogenated alkanes) is 1. The van der Waals surface area contributed by atoms with Crippen molar-refractivity contribution in [2.75, 3.05) is 0 Å². The molecule has 0 aliphatic heterocycles. The fraction of sp³-hybridized carbons (Fsp3) is 0.444. The van der Waals surface area contributed by atoms with Gasteiger partial charge in [0, 0.05) is 23.0 Å². The van der Waals surface area contributed by atoms with E-state index < -0.39 is 8.32 Å². The molecule has 1 atom stereocenters. The number of hydrogen-bond donors (Lipinski definition) is 0. The molecule has 0 amide bonds. The van der Waals surface area contributed by atoms with E-state index >= 15 is 0 Å². The zero-order valence-electron chi connectivity index (χ0n) is 13.7. The molecular weight excluding hydrogens is 316 g/mol. The molecule has 1 nitrogen and oxygen atoms in total. The molecule has 0 aromatic heterocycles. The van der Waals surface area contributed by atoms with E-state index in [0.717, 1.165) is 6.42 Å². The van der Waals surface area contributed by atoms with Gasteiger partial charge in [-0.2, -0.15) is 0 Å². The Morgan fingerprint density at radius 1 is 0.905 bits per heavy atom. The van der Waals surface area contributed by atoms with E-state index in [1.807, 2.05) is 32.1 Å². The van der Waals surface area contributed by atoms with Gasteiger partial charge in [0.15, 0.2) is 8.32 Å². The average Bonchev–Trinajstić information content (AvgIpc) is 3.06. The Balaban J connectivity index is 0.000000562. The first kappa shape index (κ1) is 21.7. The minimum Gasteiger partial charge on any atom is -0.414 e. The summed E-state index contributed by atoms with van der Waals surface area (Å²) >= 11 is 0. The van der Waals surface area contributed by atoms with Crippen molar-refractivity contribution in [1.29, 1.82) is 0 Å². The Bertz CT molecular complexity index is 222. The molecule has 21 heavy (non-hydrogen) atoms. The third-order valence-corrected chi connectivity index (χ3v) is 3.92. The van der Waals surface area contributed by atoms with Crippen molar-refractivity contribution < 1.29 is 21.5 Å². The maximum Gasteiger partial charge on any atom is 0.184 e. The third-order valence-electron chi connectivity index (χ3n) is 2.93. The molecule has 2 saturated carbocycles. The van der Waals surface area contributed by atoms with Crippen LogP contribution in [0.1, 0.15) is 26.2 Å². The molecule has 0 bridgehead atoms. The molecule has 0 spiro atoms. The molecule has 2 fully saturated rings. The summed E-state index contributed by atoms with van der Waals surface area (Å²) in [5.74, 6) is 1.35. The second-order valence-corrected chi connectivity index (χ2v) is 10.5. The van der Waals surface area contributed by atoms with Crippen molar-refractivity contribution in [3.05, 3.63) is 63.7 Å². The minimum absolute atomic E-state index is 0. The van der Waals surface area contributed by atoms with Gasteiger partial charge in [-0.1, -0.05) is 19.8 Å². The molecule has 0 aromatic rings. The van der Waals surface area contributed by atoms with E-state index in [1.165, 1.54) is 18.8 Å². The molecule has 1 unspecified atom stereocenters. The van der Waals surface area contributed by atoms with E-state index in [4.69, 9.17) is 4.43 Å². The van der Waals surface area contributed by atoms with E-state index in [2.05, 4.69) is 52.2 Å². The Morgan fingerprint density at radius 3 is 1.76 bits per heavy atom. The minimum atomic E-state index is -1.43. The molecule has 0 heterocycles. The fourth-order valence-corrected chi connectivity index (χ4v) is 3.14. The van der Waals surface area contributed by atoms with Gasteiger partial charge in [0.25, 0.3) is 0 Å². The van der Waals surface area contributed by atoms with Crippen molar-refractivity contribution in [2.24, 2.45) is 0 Å². The van der Waals surface area contributed by atoms with E-state index in [-0.39, 0.29) is 17.1 Å². The molecule has 0 N–H and O–H groups in total. The Kier molecular flexibility index (Phi) is 12.6. The second-order valence-electron chi connectivity index (χ2n) is 6.04. The molecule has 2 aliphatic rings. The standard InChI is InChI=1S/C13H23OSi.C5H5.Fe/c1-5-6-11-13(14-15(2,3)4)12-9-7-8-10-12;1-2-4-5-3-1;/h7-10,13H,5-6,11H2,1-4H3;1-5H;. The van der Waals surface area contributed by atoms with Crippen LogP contribution in [-0.4, -0.2) is 14.4 Å². The zero-order chi connectivity index (χ0) is 14.8. The molecule has 10 radical (unpaired) electrons. The predicted octanol–water partition coefficient (Wildman–Crippen LogP) is 4.82. The SMILES string of the molecule is CCCCC(O[Si](C)(C)C)[C]1[CH][CH][CH][CH]1.[CH]1[CH][CH][CH][CH]1.[Fe]. The van der Waals surface area contributed by atoms with Crippen LogP contribution < -0.4 is 0 Å². The first-order chi connectivity index (χ1) is 9.53. The first-order valence-electron chi connectivity index (χ1n) is 7.59. The second kappa shape index (κ2) is 12.2. The first-order valence-corrected chi connectivity index (χ1v) is 11.0. The largest absolute Gasteiger partial charge is 0.414 e. The summed E-state index contributed by atoms with van der Waals surface area (Å²) in [4.78, 5) is 0. The summed E-state index contributed by atoms with van der Waals surface area (Å²) < 4.78 is 6.22. The van der Waals surface area contributed by atoms with Gasteiger partial charge in [0.1, 0.15) is 0 Å². The van der Waals surface area contributed by atoms with Gasteiger partial charge >= 0.3 is 0 Å². The predicted molar refractivity (Wildman–Crippen MR) is 89.7 cm³/mol. The molecule has 2 rings (SSSR count). The molecule has 0 saturated heterocycles. The molecule has 118 valence electrons. The quantitative estimate of drug-likeness (QED) is 0.628. The van der Waals surface area contributed by atoms with Crippen LogP contribution in [0, 0.1) is 63.7 Å². The van der Waals surface area contributed by atoms with Crippen LogP contribution in [0.15, 0.2) is 0 Å². The average molecular weight is 344 g/mol. The van der Waals surface area contributed by atoms with Crippen LogP contribution in [0.25, 0.3) is 0 Å². The van der Waals surface area contributed by atoms with Gasteiger partial charge in [-0.3, -0.25) is 0 Å². The number of hydrogen-bond acceptors (Lipinski definition) is 1. The monoisotopic (exact) mass is 344 g/mol. The van der Waals surface area contributed by atoms with Gasteiger partial charge in [0.05, 0.1) is 6.10 Å². The third kappa shape index (κ3) is 11.0. The van der Waals surface area contributed by atoms with Gasteiger partial charge in [-0.15, -0.1) is 0 Å². The molecular formula is C18H28FeOSi. The smallest absolute Gasteiger partial charge is 0.184 e. The molecule has 2 aliphatic carbocycles.